The van der Waals surface area contributed by atoms with Crippen molar-refractivity contribution in [2.24, 2.45) is 4.99 Å². The molecule has 0 fully saturated rings. The normalized spacial score (nSPS) is 11.4. The van der Waals surface area contributed by atoms with Crippen molar-refractivity contribution in [1.82, 2.24) is 0 Å². The smallest absolute Gasteiger partial charge is 0.139 e. The summed E-state index contributed by atoms with van der Waals surface area (Å²) in [5, 5.41) is 0. The highest BCUT2D eigenvalue weighted by Crippen LogP contribution is 2.24. The molecule has 2 heteroatoms. The topological polar surface area (TPSA) is 15.6 Å². The fourth-order valence-electron chi connectivity index (χ4n) is 2.62. The second-order valence-corrected chi connectivity index (χ2v) is 5.77. The van der Waals surface area contributed by atoms with Crippen LogP contribution in [0.2, 0.25) is 0 Å². The molecule has 0 amide bonds. The van der Waals surface area contributed by atoms with Crippen molar-refractivity contribution in [3.63, 3.8) is 0 Å². The Bertz CT molecular complexity index is 709. The molecule has 2 aromatic carbocycles. The third-order valence-corrected chi connectivity index (χ3v) is 3.72. The van der Waals surface area contributed by atoms with Gasteiger partial charge in [-0.05, 0) is 45.4 Å². The average molecular weight is 292 g/mol. The van der Waals surface area contributed by atoms with E-state index in [4.69, 9.17) is 0 Å². The van der Waals surface area contributed by atoms with E-state index in [9.17, 15) is 0 Å². The van der Waals surface area contributed by atoms with Gasteiger partial charge in [-0.15, -0.1) is 0 Å². The van der Waals surface area contributed by atoms with Crippen molar-refractivity contribution >= 4 is 11.5 Å². The van der Waals surface area contributed by atoms with Crippen molar-refractivity contribution < 1.29 is 0 Å². The summed E-state index contributed by atoms with van der Waals surface area (Å²) < 4.78 is 0. The maximum Gasteiger partial charge on any atom is 0.139 e. The summed E-state index contributed by atoms with van der Waals surface area (Å²) >= 11 is 0. The van der Waals surface area contributed by atoms with E-state index in [1.165, 1.54) is 16.7 Å². The van der Waals surface area contributed by atoms with Crippen molar-refractivity contribution in [1.29, 1.82) is 0 Å². The second kappa shape index (κ2) is 6.61. The van der Waals surface area contributed by atoms with Crippen molar-refractivity contribution in [3.8, 4) is 0 Å². The number of amidine groups is 1. The van der Waals surface area contributed by atoms with Gasteiger partial charge in [-0.1, -0.05) is 48.0 Å². The Kier molecular flexibility index (Phi) is 4.81. The quantitative estimate of drug-likeness (QED) is 0.572. The molecule has 0 saturated heterocycles. The van der Waals surface area contributed by atoms with E-state index in [0.29, 0.717) is 0 Å². The molecule has 0 heterocycles. The Hall–Kier alpha value is -2.35. The van der Waals surface area contributed by atoms with E-state index in [1.54, 1.807) is 0 Å². The molecule has 0 atom stereocenters. The lowest BCUT2D eigenvalue weighted by atomic mass is 10.0. The van der Waals surface area contributed by atoms with Gasteiger partial charge in [0.2, 0.25) is 0 Å². The van der Waals surface area contributed by atoms with Crippen LogP contribution in [-0.2, 0) is 0 Å². The molecule has 0 unspecified atom stereocenters. The number of allylic oxidation sites excluding steroid dienone is 1. The molecule has 2 aromatic rings. The van der Waals surface area contributed by atoms with Gasteiger partial charge in [0.15, 0.2) is 0 Å². The van der Waals surface area contributed by atoms with E-state index in [2.05, 4.69) is 79.7 Å². The lowest BCUT2D eigenvalue weighted by Gasteiger charge is -2.27. The first-order valence-corrected chi connectivity index (χ1v) is 7.50. The van der Waals surface area contributed by atoms with Gasteiger partial charge < -0.3 is 0 Å². The summed E-state index contributed by atoms with van der Waals surface area (Å²) in [6.07, 6.45) is 0. The van der Waals surface area contributed by atoms with Crippen LogP contribution in [0.1, 0.15) is 29.2 Å². The molecule has 114 valence electrons. The first-order valence-electron chi connectivity index (χ1n) is 7.50. The van der Waals surface area contributed by atoms with Crippen molar-refractivity contribution in [2.75, 3.05) is 11.9 Å². The summed E-state index contributed by atoms with van der Waals surface area (Å²) in [7, 11) is 1.83. The monoisotopic (exact) mass is 292 g/mol. The molecule has 0 saturated carbocycles. The molecular weight excluding hydrogens is 268 g/mol. The maximum absolute atomic E-state index is 4.55. The Morgan fingerprint density at radius 1 is 0.955 bits per heavy atom. The van der Waals surface area contributed by atoms with Gasteiger partial charge in [0.1, 0.15) is 5.84 Å². The number of aliphatic imine (C=N–C) groups is 1. The zero-order valence-corrected chi connectivity index (χ0v) is 14.1. The number of benzene rings is 2. The number of hydrogen-bond donors (Lipinski definition) is 0. The first-order chi connectivity index (χ1) is 10.4. The van der Waals surface area contributed by atoms with Crippen molar-refractivity contribution in [3.05, 3.63) is 77.0 Å². The lowest BCUT2D eigenvalue weighted by molar-refractivity contribution is 1.17. The third-order valence-electron chi connectivity index (χ3n) is 3.72. The summed E-state index contributed by atoms with van der Waals surface area (Å²) in [6, 6.07) is 14.9. The van der Waals surface area contributed by atoms with E-state index in [0.717, 1.165) is 22.8 Å². The number of anilines is 1. The van der Waals surface area contributed by atoms with Crippen LogP contribution in [0.15, 0.2) is 59.7 Å². The fraction of sp³-hybridized carbons (Fsp3) is 0.250. The molecular formula is C20H24N2. The third kappa shape index (κ3) is 3.28. The zero-order valence-electron chi connectivity index (χ0n) is 14.1. The van der Waals surface area contributed by atoms with Crippen molar-refractivity contribution in [2.45, 2.75) is 27.7 Å². The van der Waals surface area contributed by atoms with Crippen LogP contribution >= 0.6 is 0 Å². The number of rotatable bonds is 3. The van der Waals surface area contributed by atoms with Crippen LogP contribution in [0, 0.1) is 20.8 Å². The van der Waals surface area contributed by atoms with E-state index >= 15 is 0 Å². The SMILES string of the molecule is C=C(C)N(C(=NC)c1ccc(C)cc1C)c1ccc(C)cc1. The molecule has 0 aliphatic rings. The Labute approximate surface area is 133 Å². The molecule has 0 aliphatic carbocycles. The molecule has 0 bridgehead atoms. The van der Waals surface area contributed by atoms with Crippen LogP contribution < -0.4 is 4.90 Å². The fourth-order valence-corrected chi connectivity index (χ4v) is 2.62. The minimum absolute atomic E-state index is 0.925. The minimum atomic E-state index is 0.925. The number of aryl methyl sites for hydroxylation is 3. The summed E-state index contributed by atoms with van der Waals surface area (Å²) in [4.78, 5) is 6.66. The number of nitrogens with zero attached hydrogens (tertiary/aromatic N) is 2. The largest absolute Gasteiger partial charge is 0.300 e. The minimum Gasteiger partial charge on any atom is -0.300 e. The van der Waals surface area contributed by atoms with Crippen LogP contribution in [-0.4, -0.2) is 12.9 Å². The van der Waals surface area contributed by atoms with Crippen LogP contribution in [0.3, 0.4) is 0 Å². The summed E-state index contributed by atoms with van der Waals surface area (Å²) in [6.45, 7) is 12.5. The molecule has 2 nitrogen and oxygen atoms in total. The van der Waals surface area contributed by atoms with Gasteiger partial charge in [0.25, 0.3) is 0 Å². The highest BCUT2D eigenvalue weighted by molar-refractivity contribution is 6.12. The van der Waals surface area contributed by atoms with Gasteiger partial charge in [0, 0.05) is 24.0 Å². The van der Waals surface area contributed by atoms with Gasteiger partial charge >= 0.3 is 0 Å². The van der Waals surface area contributed by atoms with Crippen LogP contribution in [0.5, 0.6) is 0 Å². The van der Waals surface area contributed by atoms with E-state index in [-0.39, 0.29) is 0 Å². The number of hydrogen-bond acceptors (Lipinski definition) is 1. The highest BCUT2D eigenvalue weighted by atomic mass is 15.2. The maximum atomic E-state index is 4.55. The first kappa shape index (κ1) is 16.0. The average Bonchev–Trinajstić information content (AvgIpc) is 2.46. The summed E-state index contributed by atoms with van der Waals surface area (Å²) in [5.41, 5.74) is 6.89. The van der Waals surface area contributed by atoms with Crippen LogP contribution in [0.25, 0.3) is 0 Å². The standard InChI is InChI=1S/C20H24N2/c1-14(2)22(18-10-7-15(3)8-11-18)20(21-6)19-12-9-16(4)13-17(19)5/h7-13H,1H2,2-6H3. The molecule has 0 N–H and O–H groups in total. The van der Waals surface area contributed by atoms with E-state index < -0.39 is 0 Å². The molecule has 0 radical (unpaired) electrons. The second-order valence-electron chi connectivity index (χ2n) is 5.77. The summed E-state index contributed by atoms with van der Waals surface area (Å²) in [5.74, 6) is 0.925. The van der Waals surface area contributed by atoms with Gasteiger partial charge in [0.05, 0.1) is 0 Å². The van der Waals surface area contributed by atoms with Gasteiger partial charge in [-0.25, -0.2) is 0 Å². The Balaban J connectivity index is 2.54. The molecule has 0 aromatic heterocycles. The Morgan fingerprint density at radius 3 is 2.05 bits per heavy atom. The highest BCUT2D eigenvalue weighted by Gasteiger charge is 2.17. The van der Waals surface area contributed by atoms with Gasteiger partial charge in [-0.2, -0.15) is 0 Å². The predicted octanol–water partition coefficient (Wildman–Crippen LogP) is 5.03. The van der Waals surface area contributed by atoms with Crippen LogP contribution in [0.4, 0.5) is 5.69 Å². The predicted molar refractivity (Wildman–Crippen MR) is 96.8 cm³/mol. The Morgan fingerprint density at radius 2 is 1.55 bits per heavy atom. The zero-order chi connectivity index (χ0) is 16.3. The van der Waals surface area contributed by atoms with Gasteiger partial charge in [-0.3, -0.25) is 9.89 Å². The molecule has 2 rings (SSSR count). The molecule has 22 heavy (non-hydrogen) atoms. The molecule has 0 spiro atoms. The van der Waals surface area contributed by atoms with E-state index in [1.807, 2.05) is 14.0 Å². The molecule has 0 aliphatic heterocycles. The lowest BCUT2D eigenvalue weighted by Crippen LogP contribution is -2.30.